The molecule has 0 saturated carbocycles. The van der Waals surface area contributed by atoms with E-state index in [-0.39, 0.29) is 0 Å². The van der Waals surface area contributed by atoms with Gasteiger partial charge in [-0.05, 0) is 32.4 Å². The summed E-state index contributed by atoms with van der Waals surface area (Å²) >= 11 is 0. The second-order valence-corrected chi connectivity index (χ2v) is 7.96. The van der Waals surface area contributed by atoms with Gasteiger partial charge in [0.05, 0.1) is 6.61 Å². The van der Waals surface area contributed by atoms with E-state index >= 15 is 0 Å². The third kappa shape index (κ3) is 11.5. The van der Waals surface area contributed by atoms with Crippen molar-refractivity contribution in [3.63, 3.8) is 0 Å². The minimum Gasteiger partial charge on any atom is -0.395 e. The number of hydrogen-bond acceptors (Lipinski definition) is 2. The highest BCUT2D eigenvalue weighted by Gasteiger charge is 2.22. The summed E-state index contributed by atoms with van der Waals surface area (Å²) in [5.41, 5.74) is 0. The molecule has 0 aromatic heterocycles. The molecule has 1 aliphatic rings. The molecule has 2 heteroatoms. The first-order valence-electron chi connectivity index (χ1n) is 11.2. The third-order valence-electron chi connectivity index (χ3n) is 5.76. The van der Waals surface area contributed by atoms with Crippen molar-refractivity contribution in [2.75, 3.05) is 19.7 Å². The molecule has 24 heavy (non-hydrogen) atoms. The molecule has 1 fully saturated rings. The molecule has 0 amide bonds. The van der Waals surface area contributed by atoms with Gasteiger partial charge in [-0.2, -0.15) is 0 Å². The van der Waals surface area contributed by atoms with E-state index in [2.05, 4.69) is 11.8 Å². The molecule has 0 bridgehead atoms. The monoisotopic (exact) mass is 339 g/mol. The van der Waals surface area contributed by atoms with Gasteiger partial charge in [-0.3, -0.25) is 4.90 Å². The molecule has 0 aliphatic carbocycles. The number of nitrogens with zero attached hydrogens (tertiary/aromatic N) is 1. The molecule has 1 atom stereocenters. The molecule has 0 radical (unpaired) electrons. The molecule has 1 rings (SSSR count). The zero-order valence-electron chi connectivity index (χ0n) is 16.6. The maximum absolute atomic E-state index is 9.32. The molecular formula is C22H45NO. The van der Waals surface area contributed by atoms with Crippen molar-refractivity contribution in [2.24, 2.45) is 0 Å². The fourth-order valence-corrected chi connectivity index (χ4v) is 4.08. The number of aliphatic hydroxyl groups excluding tert-OH is 1. The summed E-state index contributed by atoms with van der Waals surface area (Å²) in [6.07, 6.45) is 24.0. The van der Waals surface area contributed by atoms with E-state index in [4.69, 9.17) is 0 Å². The zero-order valence-corrected chi connectivity index (χ0v) is 16.6. The molecule has 1 heterocycles. The Bertz CT molecular complexity index is 256. The lowest BCUT2D eigenvalue weighted by molar-refractivity contribution is 0.157. The molecule has 0 aromatic carbocycles. The van der Waals surface area contributed by atoms with Crippen LogP contribution in [0.3, 0.4) is 0 Å². The van der Waals surface area contributed by atoms with Crippen molar-refractivity contribution in [1.29, 1.82) is 0 Å². The average Bonchev–Trinajstić information content (AvgIpc) is 3.06. The van der Waals surface area contributed by atoms with Gasteiger partial charge in [-0.15, -0.1) is 0 Å². The number of aliphatic hydroxyl groups is 1. The molecule has 1 aliphatic heterocycles. The molecule has 1 saturated heterocycles. The Balaban J connectivity index is 1.72. The van der Waals surface area contributed by atoms with Crippen LogP contribution in [0.4, 0.5) is 0 Å². The molecule has 0 unspecified atom stereocenters. The Morgan fingerprint density at radius 1 is 0.708 bits per heavy atom. The molecular weight excluding hydrogens is 294 g/mol. The Morgan fingerprint density at radius 3 is 1.62 bits per heavy atom. The van der Waals surface area contributed by atoms with Crippen LogP contribution in [0.2, 0.25) is 0 Å². The summed E-state index contributed by atoms with van der Waals surface area (Å²) in [4.78, 5) is 2.50. The van der Waals surface area contributed by atoms with Crippen molar-refractivity contribution in [1.82, 2.24) is 4.90 Å². The topological polar surface area (TPSA) is 23.5 Å². The Kier molecular flexibility index (Phi) is 15.0. The zero-order chi connectivity index (χ0) is 17.3. The normalized spacial score (nSPS) is 18.5. The highest BCUT2D eigenvalue weighted by Crippen LogP contribution is 2.18. The van der Waals surface area contributed by atoms with E-state index in [1.54, 1.807) is 0 Å². The quantitative estimate of drug-likeness (QED) is 0.314. The van der Waals surface area contributed by atoms with Crippen molar-refractivity contribution >= 4 is 0 Å². The summed E-state index contributed by atoms with van der Waals surface area (Å²) in [6.45, 7) is 5.08. The maximum atomic E-state index is 9.32. The minimum atomic E-state index is 0.360. The van der Waals surface area contributed by atoms with Crippen LogP contribution in [0.1, 0.15) is 116 Å². The Labute approximate surface area is 152 Å². The van der Waals surface area contributed by atoms with Crippen LogP contribution >= 0.6 is 0 Å². The lowest BCUT2D eigenvalue weighted by Gasteiger charge is -2.22. The van der Waals surface area contributed by atoms with Gasteiger partial charge in [0, 0.05) is 6.04 Å². The standard InChI is InChI=1S/C22H45NO/c1-2-3-4-5-6-7-8-9-10-11-12-13-14-15-16-19-23-20-17-18-22(23)21-24/h22,24H,2-21H2,1H3/t22-/m0/s1. The molecule has 0 aromatic rings. The number of unbranched alkanes of at least 4 members (excludes halogenated alkanes) is 14. The van der Waals surface area contributed by atoms with E-state index in [0.29, 0.717) is 12.6 Å². The second kappa shape index (κ2) is 16.4. The Morgan fingerprint density at radius 2 is 1.17 bits per heavy atom. The summed E-state index contributed by atoms with van der Waals surface area (Å²) in [6, 6.07) is 0.469. The first-order chi connectivity index (χ1) is 11.9. The maximum Gasteiger partial charge on any atom is 0.0586 e. The molecule has 1 N–H and O–H groups in total. The smallest absolute Gasteiger partial charge is 0.0586 e. The lowest BCUT2D eigenvalue weighted by atomic mass is 10.0. The fraction of sp³-hybridized carbons (Fsp3) is 1.00. The van der Waals surface area contributed by atoms with Crippen molar-refractivity contribution in [3.05, 3.63) is 0 Å². The first kappa shape index (κ1) is 22.0. The van der Waals surface area contributed by atoms with Crippen LogP contribution in [0, 0.1) is 0 Å². The number of hydrogen-bond donors (Lipinski definition) is 1. The van der Waals surface area contributed by atoms with Crippen LogP contribution < -0.4 is 0 Å². The molecule has 0 spiro atoms. The van der Waals surface area contributed by atoms with Gasteiger partial charge in [0.1, 0.15) is 0 Å². The fourth-order valence-electron chi connectivity index (χ4n) is 4.08. The predicted octanol–water partition coefficient (Wildman–Crippen LogP) is 6.31. The number of rotatable bonds is 17. The van der Waals surface area contributed by atoms with Crippen molar-refractivity contribution < 1.29 is 5.11 Å². The lowest BCUT2D eigenvalue weighted by Crippen LogP contribution is -2.32. The van der Waals surface area contributed by atoms with Crippen molar-refractivity contribution in [2.45, 2.75) is 122 Å². The third-order valence-corrected chi connectivity index (χ3v) is 5.76. The van der Waals surface area contributed by atoms with Gasteiger partial charge in [0.2, 0.25) is 0 Å². The summed E-state index contributed by atoms with van der Waals surface area (Å²) in [5.74, 6) is 0. The molecule has 144 valence electrons. The van der Waals surface area contributed by atoms with Crippen molar-refractivity contribution in [3.8, 4) is 0 Å². The summed E-state index contributed by atoms with van der Waals surface area (Å²) < 4.78 is 0. The highest BCUT2D eigenvalue weighted by molar-refractivity contribution is 4.77. The van der Waals surface area contributed by atoms with E-state index in [1.807, 2.05) is 0 Å². The van der Waals surface area contributed by atoms with Crippen LogP contribution in [0.5, 0.6) is 0 Å². The highest BCUT2D eigenvalue weighted by atomic mass is 16.3. The van der Waals surface area contributed by atoms with Crippen LogP contribution in [0.15, 0.2) is 0 Å². The number of likely N-dealkylation sites (tertiary alicyclic amines) is 1. The van der Waals surface area contributed by atoms with Gasteiger partial charge < -0.3 is 5.11 Å². The van der Waals surface area contributed by atoms with E-state index < -0.39 is 0 Å². The predicted molar refractivity (Wildman–Crippen MR) is 107 cm³/mol. The van der Waals surface area contributed by atoms with E-state index in [0.717, 1.165) is 0 Å². The van der Waals surface area contributed by atoms with Crippen LogP contribution in [-0.4, -0.2) is 35.7 Å². The average molecular weight is 340 g/mol. The van der Waals surface area contributed by atoms with Gasteiger partial charge >= 0.3 is 0 Å². The van der Waals surface area contributed by atoms with Crippen LogP contribution in [-0.2, 0) is 0 Å². The SMILES string of the molecule is CCCCCCCCCCCCCCCCCN1CCC[C@H]1CO. The van der Waals surface area contributed by atoms with E-state index in [1.165, 1.54) is 122 Å². The van der Waals surface area contributed by atoms with E-state index in [9.17, 15) is 5.11 Å². The van der Waals surface area contributed by atoms with Gasteiger partial charge in [0.25, 0.3) is 0 Å². The van der Waals surface area contributed by atoms with Crippen LogP contribution in [0.25, 0.3) is 0 Å². The molecule has 2 nitrogen and oxygen atoms in total. The summed E-state index contributed by atoms with van der Waals surface area (Å²) in [7, 11) is 0. The summed E-state index contributed by atoms with van der Waals surface area (Å²) in [5, 5.41) is 9.32. The second-order valence-electron chi connectivity index (χ2n) is 7.96. The van der Waals surface area contributed by atoms with Gasteiger partial charge in [-0.25, -0.2) is 0 Å². The first-order valence-corrected chi connectivity index (χ1v) is 11.2. The minimum absolute atomic E-state index is 0.360. The van der Waals surface area contributed by atoms with Gasteiger partial charge in [-0.1, -0.05) is 96.8 Å². The largest absolute Gasteiger partial charge is 0.395 e. The van der Waals surface area contributed by atoms with Gasteiger partial charge in [0.15, 0.2) is 0 Å². The Hall–Kier alpha value is -0.0800.